The van der Waals surface area contributed by atoms with E-state index in [-0.39, 0.29) is 35.9 Å². The Balaban J connectivity index is 2.03. The molecular weight excluding hydrogens is 409 g/mol. The van der Waals surface area contributed by atoms with E-state index in [1.54, 1.807) is 35.2 Å². The van der Waals surface area contributed by atoms with E-state index < -0.39 is 19.3 Å². The maximum Gasteiger partial charge on any atom is 0.453 e. The molecule has 1 fully saturated rings. The molecule has 32 heavy (non-hydrogen) atoms. The average Bonchev–Trinajstić information content (AvgIpc) is 2.75. The summed E-state index contributed by atoms with van der Waals surface area (Å²) in [4.78, 5) is 27.0. The normalized spacial score (nSPS) is 17.8. The fourth-order valence-electron chi connectivity index (χ4n) is 3.70. The van der Waals surface area contributed by atoms with Crippen LogP contribution in [0.5, 0.6) is 0 Å². The molecule has 0 unspecified atom stereocenters. The van der Waals surface area contributed by atoms with Gasteiger partial charge in [-0.1, -0.05) is 57.2 Å². The highest BCUT2D eigenvalue weighted by molar-refractivity contribution is 6.41. The second-order valence-electron chi connectivity index (χ2n) is 9.11. The van der Waals surface area contributed by atoms with Crippen molar-refractivity contribution in [3.05, 3.63) is 47.5 Å². The van der Waals surface area contributed by atoms with E-state index >= 15 is 0 Å². The van der Waals surface area contributed by atoms with Gasteiger partial charge in [-0.15, -0.1) is 0 Å². The van der Waals surface area contributed by atoms with Gasteiger partial charge in [-0.3, -0.25) is 4.79 Å². The molecule has 1 aliphatic rings. The molecule has 2 amide bonds. The third-order valence-corrected chi connectivity index (χ3v) is 5.16. The summed E-state index contributed by atoms with van der Waals surface area (Å²) in [5, 5.41) is 30.9. The molecule has 0 saturated carbocycles. The molecule has 0 spiro atoms. The summed E-state index contributed by atoms with van der Waals surface area (Å²) >= 11 is 0. The van der Waals surface area contributed by atoms with Gasteiger partial charge in [0.1, 0.15) is 18.2 Å². The van der Waals surface area contributed by atoms with E-state index in [0.29, 0.717) is 13.0 Å². The van der Waals surface area contributed by atoms with Crippen LogP contribution in [0, 0.1) is 16.7 Å². The van der Waals surface area contributed by atoms with Crippen molar-refractivity contribution in [3.63, 3.8) is 0 Å². The molecule has 1 saturated heterocycles. The van der Waals surface area contributed by atoms with Gasteiger partial charge in [0.25, 0.3) is 5.91 Å². The Morgan fingerprint density at radius 3 is 2.59 bits per heavy atom. The molecular formula is C23H32BN3O5. The van der Waals surface area contributed by atoms with Crippen molar-refractivity contribution >= 4 is 19.1 Å². The molecule has 2 atom stereocenters. The fourth-order valence-corrected chi connectivity index (χ4v) is 3.70. The first-order valence-corrected chi connectivity index (χ1v) is 10.9. The average molecular weight is 441 g/mol. The van der Waals surface area contributed by atoms with Crippen molar-refractivity contribution in [2.24, 2.45) is 5.41 Å². The number of benzene rings is 1. The highest BCUT2D eigenvalue weighted by Gasteiger charge is 2.31. The number of amides is 2. The number of carbonyl (C=O) groups is 2. The topological polar surface area (TPSA) is 123 Å². The predicted octanol–water partition coefficient (Wildman–Crippen LogP) is 2.80. The fraction of sp³-hybridized carbons (Fsp3) is 0.522. The van der Waals surface area contributed by atoms with Crippen molar-refractivity contribution in [3.8, 4) is 6.07 Å². The third kappa shape index (κ3) is 8.02. The van der Waals surface area contributed by atoms with Crippen LogP contribution in [0.25, 0.3) is 0 Å². The van der Waals surface area contributed by atoms with Gasteiger partial charge in [-0.2, -0.15) is 5.26 Å². The molecule has 172 valence electrons. The number of hydrogen-bond donors (Lipinski definition) is 3. The molecule has 0 radical (unpaired) electrons. The third-order valence-electron chi connectivity index (χ3n) is 5.16. The molecule has 8 nitrogen and oxygen atoms in total. The maximum absolute atomic E-state index is 13.0. The van der Waals surface area contributed by atoms with Gasteiger partial charge in [0.15, 0.2) is 0 Å². The van der Waals surface area contributed by atoms with Gasteiger partial charge >= 0.3 is 13.2 Å². The number of likely N-dealkylation sites (tertiary alicyclic amines) is 1. The lowest BCUT2D eigenvalue weighted by molar-refractivity contribution is -0.131. The Kier molecular flexibility index (Phi) is 9.30. The number of allylic oxidation sites excluding steroid dienone is 1. The Bertz CT molecular complexity index is 845. The lowest BCUT2D eigenvalue weighted by Gasteiger charge is -2.35. The van der Waals surface area contributed by atoms with Crippen LogP contribution in [0.3, 0.4) is 0 Å². The largest absolute Gasteiger partial charge is 0.453 e. The van der Waals surface area contributed by atoms with Crippen molar-refractivity contribution in [1.29, 1.82) is 5.26 Å². The summed E-state index contributed by atoms with van der Waals surface area (Å²) in [6.45, 7) is 6.26. The van der Waals surface area contributed by atoms with Crippen LogP contribution >= 0.6 is 0 Å². The van der Waals surface area contributed by atoms with E-state index in [4.69, 9.17) is 4.74 Å². The van der Waals surface area contributed by atoms with Crippen molar-refractivity contribution in [1.82, 2.24) is 10.2 Å². The minimum absolute atomic E-state index is 0.00497. The number of piperidine rings is 1. The van der Waals surface area contributed by atoms with Crippen molar-refractivity contribution < 1.29 is 24.4 Å². The molecule has 1 aromatic rings. The van der Waals surface area contributed by atoms with Crippen LogP contribution < -0.4 is 5.32 Å². The first-order chi connectivity index (χ1) is 15.1. The highest BCUT2D eigenvalue weighted by atomic mass is 16.5. The SMILES string of the molecule is CC(C)(C)C=C(C#N)C(=O)N1CCCC[C@@H]1COC(=O)N[C@H](CB(O)O)c1ccccc1. The number of hydrogen-bond acceptors (Lipinski definition) is 6. The zero-order valence-corrected chi connectivity index (χ0v) is 19.0. The van der Waals surface area contributed by atoms with Crippen molar-refractivity contribution in [2.75, 3.05) is 13.2 Å². The monoisotopic (exact) mass is 441 g/mol. The number of nitrogens with zero attached hydrogens (tertiary/aromatic N) is 2. The Morgan fingerprint density at radius 2 is 2.00 bits per heavy atom. The second-order valence-corrected chi connectivity index (χ2v) is 9.11. The highest BCUT2D eigenvalue weighted by Crippen LogP contribution is 2.23. The van der Waals surface area contributed by atoms with Crippen LogP contribution in [0.15, 0.2) is 42.0 Å². The molecule has 0 aliphatic carbocycles. The van der Waals surface area contributed by atoms with Gasteiger partial charge < -0.3 is 25.0 Å². The molecule has 0 aromatic heterocycles. The van der Waals surface area contributed by atoms with Gasteiger partial charge in [0, 0.05) is 12.9 Å². The van der Waals surface area contributed by atoms with E-state index in [9.17, 15) is 24.9 Å². The standard InChI is InChI=1S/C23H32BN3O5/c1-23(2,3)13-18(15-25)21(28)27-12-8-7-11-19(27)16-32-22(29)26-20(14-24(30)31)17-9-5-4-6-10-17/h4-6,9-10,13,19-20,30-31H,7-8,11-12,14,16H2,1-3H3,(H,26,29)/t19-,20-/m1/s1. The van der Waals surface area contributed by atoms with Crippen LogP contribution in [0.1, 0.15) is 51.6 Å². The first-order valence-electron chi connectivity index (χ1n) is 10.9. The smallest absolute Gasteiger partial charge is 0.447 e. The second kappa shape index (κ2) is 11.7. The lowest BCUT2D eigenvalue weighted by atomic mass is 9.79. The minimum Gasteiger partial charge on any atom is -0.447 e. The van der Waals surface area contributed by atoms with E-state index in [2.05, 4.69) is 5.32 Å². The van der Waals surface area contributed by atoms with Gasteiger partial charge in [0.2, 0.25) is 0 Å². The number of ether oxygens (including phenoxy) is 1. The molecule has 2 rings (SSSR count). The van der Waals surface area contributed by atoms with Gasteiger partial charge in [0.05, 0.1) is 12.1 Å². The Hall–Kier alpha value is -2.83. The van der Waals surface area contributed by atoms with Crippen LogP contribution in [0.2, 0.25) is 6.32 Å². The number of alkyl carbamates (subject to hydrolysis) is 1. The summed E-state index contributed by atoms with van der Waals surface area (Å²) < 4.78 is 5.40. The van der Waals surface area contributed by atoms with Crippen LogP contribution in [-0.2, 0) is 9.53 Å². The summed E-state index contributed by atoms with van der Waals surface area (Å²) in [6.07, 6.45) is 3.27. The first kappa shape index (κ1) is 25.4. The maximum atomic E-state index is 13.0. The van der Waals surface area contributed by atoms with E-state index in [0.717, 1.165) is 18.4 Å². The summed E-state index contributed by atoms with van der Waals surface area (Å²) in [6, 6.07) is 10.0. The van der Waals surface area contributed by atoms with Crippen molar-refractivity contribution in [2.45, 2.75) is 58.4 Å². The molecule has 0 bridgehead atoms. The Labute approximate surface area is 190 Å². The predicted molar refractivity (Wildman–Crippen MR) is 121 cm³/mol. The van der Waals surface area contributed by atoms with Gasteiger partial charge in [-0.25, -0.2) is 4.79 Å². The lowest BCUT2D eigenvalue weighted by Crippen LogP contribution is -2.47. The zero-order chi connectivity index (χ0) is 23.7. The minimum atomic E-state index is -1.59. The quantitative estimate of drug-likeness (QED) is 0.340. The molecule has 1 heterocycles. The summed E-state index contributed by atoms with van der Waals surface area (Å²) in [5.41, 5.74) is 0.500. The number of rotatable bonds is 7. The molecule has 1 aromatic carbocycles. The number of nitrogens with one attached hydrogen (secondary N) is 1. The van der Waals surface area contributed by atoms with E-state index in [1.165, 1.54) is 0 Å². The van der Waals surface area contributed by atoms with Gasteiger partial charge in [-0.05, 0) is 30.2 Å². The van der Waals surface area contributed by atoms with Crippen LogP contribution in [0.4, 0.5) is 4.79 Å². The summed E-state index contributed by atoms with van der Waals surface area (Å²) in [7, 11) is -1.59. The molecule has 1 aliphatic heterocycles. The molecule has 9 heteroatoms. The number of nitriles is 1. The number of carbonyl (C=O) groups excluding carboxylic acids is 2. The molecule has 3 N–H and O–H groups in total. The Morgan fingerprint density at radius 1 is 1.31 bits per heavy atom. The zero-order valence-electron chi connectivity index (χ0n) is 19.0. The summed E-state index contributed by atoms with van der Waals surface area (Å²) in [5.74, 6) is -0.346. The van der Waals surface area contributed by atoms with Crippen LogP contribution in [-0.4, -0.2) is 53.3 Å². The van der Waals surface area contributed by atoms with E-state index in [1.807, 2.05) is 32.9 Å².